The molecule has 1 aromatic rings. The predicted molar refractivity (Wildman–Crippen MR) is 59.5 cm³/mol. The number of hydrogen-bond acceptors (Lipinski definition) is 3. The predicted octanol–water partition coefficient (Wildman–Crippen LogP) is 1.44. The van der Waals surface area contributed by atoms with Crippen molar-refractivity contribution in [2.45, 2.75) is 6.61 Å². The molecule has 1 aromatic carbocycles. The van der Waals surface area contributed by atoms with Crippen molar-refractivity contribution in [1.82, 2.24) is 4.90 Å². The average molecular weight is 205 g/mol. The Morgan fingerprint density at radius 1 is 1.47 bits per heavy atom. The Labute approximate surface area is 89.6 Å². The van der Waals surface area contributed by atoms with Gasteiger partial charge in [-0.3, -0.25) is 4.79 Å². The smallest absolute Gasteiger partial charge is 0.187 e. The minimum atomic E-state index is -0.0565. The molecule has 0 unspecified atom stereocenters. The molecule has 0 spiro atoms. The zero-order valence-electron chi connectivity index (χ0n) is 8.97. The van der Waals surface area contributed by atoms with Crippen LogP contribution in [0.5, 0.6) is 0 Å². The van der Waals surface area contributed by atoms with E-state index in [4.69, 9.17) is 5.11 Å². The van der Waals surface area contributed by atoms with Crippen LogP contribution < -0.4 is 0 Å². The third-order valence-electron chi connectivity index (χ3n) is 1.92. The van der Waals surface area contributed by atoms with Crippen LogP contribution in [0.15, 0.2) is 36.5 Å². The van der Waals surface area contributed by atoms with Crippen molar-refractivity contribution in [2.24, 2.45) is 0 Å². The molecule has 3 nitrogen and oxygen atoms in total. The van der Waals surface area contributed by atoms with Gasteiger partial charge in [-0.25, -0.2) is 0 Å². The van der Waals surface area contributed by atoms with Crippen LogP contribution >= 0.6 is 0 Å². The highest BCUT2D eigenvalue weighted by Gasteiger charge is 2.01. The minimum absolute atomic E-state index is 0.0431. The molecule has 0 fully saturated rings. The van der Waals surface area contributed by atoms with E-state index in [9.17, 15) is 4.79 Å². The standard InChI is InChI=1S/C12H15NO2/c1-13(2)7-6-12(15)11-5-3-4-10(8-11)9-14/h3-8,14H,9H2,1-2H3/b7-6+. The average Bonchev–Trinajstić information content (AvgIpc) is 2.26. The number of hydrogen-bond donors (Lipinski definition) is 1. The summed E-state index contributed by atoms with van der Waals surface area (Å²) in [6.07, 6.45) is 3.21. The lowest BCUT2D eigenvalue weighted by Gasteiger charge is -2.03. The first-order valence-corrected chi connectivity index (χ1v) is 4.72. The fraction of sp³-hybridized carbons (Fsp3) is 0.250. The molecule has 0 saturated carbocycles. The number of rotatable bonds is 4. The van der Waals surface area contributed by atoms with Gasteiger partial charge in [0.25, 0.3) is 0 Å². The zero-order chi connectivity index (χ0) is 11.3. The number of aliphatic hydroxyl groups is 1. The molecule has 0 amide bonds. The summed E-state index contributed by atoms with van der Waals surface area (Å²) in [5.74, 6) is -0.0565. The molecule has 0 aliphatic carbocycles. The Bertz CT molecular complexity index is 370. The molecule has 0 aromatic heterocycles. The van der Waals surface area contributed by atoms with Gasteiger partial charge in [0.1, 0.15) is 0 Å². The summed E-state index contributed by atoms with van der Waals surface area (Å²) in [5, 5.41) is 8.92. The molecule has 0 atom stereocenters. The third kappa shape index (κ3) is 3.56. The molecule has 0 heterocycles. The van der Waals surface area contributed by atoms with E-state index >= 15 is 0 Å². The number of carbonyl (C=O) groups excluding carboxylic acids is 1. The molecule has 0 aliphatic heterocycles. The monoisotopic (exact) mass is 205 g/mol. The molecule has 0 radical (unpaired) electrons. The summed E-state index contributed by atoms with van der Waals surface area (Å²) in [4.78, 5) is 13.4. The number of benzene rings is 1. The molecule has 1 N–H and O–H groups in total. The minimum Gasteiger partial charge on any atom is -0.392 e. The largest absolute Gasteiger partial charge is 0.392 e. The molecule has 80 valence electrons. The maximum Gasteiger partial charge on any atom is 0.187 e. The topological polar surface area (TPSA) is 40.5 Å². The van der Waals surface area contributed by atoms with Gasteiger partial charge in [0.15, 0.2) is 5.78 Å². The van der Waals surface area contributed by atoms with E-state index in [-0.39, 0.29) is 12.4 Å². The first kappa shape index (κ1) is 11.5. The van der Waals surface area contributed by atoms with E-state index in [0.29, 0.717) is 5.56 Å². The Morgan fingerprint density at radius 2 is 2.20 bits per heavy atom. The molecule has 3 heteroatoms. The highest BCUT2D eigenvalue weighted by atomic mass is 16.3. The van der Waals surface area contributed by atoms with Gasteiger partial charge in [-0.1, -0.05) is 18.2 Å². The van der Waals surface area contributed by atoms with E-state index in [0.717, 1.165) is 5.56 Å². The molecule has 15 heavy (non-hydrogen) atoms. The highest BCUT2D eigenvalue weighted by Crippen LogP contribution is 2.06. The van der Waals surface area contributed by atoms with E-state index in [1.807, 2.05) is 14.1 Å². The summed E-state index contributed by atoms with van der Waals surface area (Å²) in [6.45, 7) is -0.0431. The summed E-state index contributed by atoms with van der Waals surface area (Å²) in [6, 6.07) is 6.98. The number of nitrogens with zero attached hydrogens (tertiary/aromatic N) is 1. The number of allylic oxidation sites excluding steroid dienone is 1. The van der Waals surface area contributed by atoms with Crippen LogP contribution in [0.3, 0.4) is 0 Å². The lowest BCUT2D eigenvalue weighted by molar-refractivity contribution is 0.104. The third-order valence-corrected chi connectivity index (χ3v) is 1.92. The van der Waals surface area contributed by atoms with E-state index in [2.05, 4.69) is 0 Å². The van der Waals surface area contributed by atoms with Crippen LogP contribution in [0.1, 0.15) is 15.9 Å². The molecular formula is C12H15NO2. The van der Waals surface area contributed by atoms with Crippen molar-refractivity contribution in [1.29, 1.82) is 0 Å². The fourth-order valence-corrected chi connectivity index (χ4v) is 1.14. The lowest BCUT2D eigenvalue weighted by Crippen LogP contribution is -2.03. The van der Waals surface area contributed by atoms with Crippen molar-refractivity contribution in [3.8, 4) is 0 Å². The van der Waals surface area contributed by atoms with Crippen molar-refractivity contribution >= 4 is 5.78 Å². The molecule has 1 rings (SSSR count). The van der Waals surface area contributed by atoms with Gasteiger partial charge in [0, 0.05) is 31.9 Å². The van der Waals surface area contributed by atoms with Gasteiger partial charge in [0.2, 0.25) is 0 Å². The summed E-state index contributed by atoms with van der Waals surface area (Å²) in [7, 11) is 3.71. The van der Waals surface area contributed by atoms with E-state index in [1.54, 1.807) is 35.4 Å². The molecule has 0 bridgehead atoms. The first-order valence-electron chi connectivity index (χ1n) is 4.72. The Hall–Kier alpha value is -1.61. The molecule has 0 saturated heterocycles. The Morgan fingerprint density at radius 3 is 2.80 bits per heavy atom. The van der Waals surface area contributed by atoms with Crippen LogP contribution in [0.25, 0.3) is 0 Å². The second kappa shape index (κ2) is 5.32. The van der Waals surface area contributed by atoms with Crippen LogP contribution in [0.2, 0.25) is 0 Å². The van der Waals surface area contributed by atoms with Gasteiger partial charge in [-0.2, -0.15) is 0 Å². The maximum atomic E-state index is 11.6. The first-order chi connectivity index (χ1) is 7.13. The number of aliphatic hydroxyl groups excluding tert-OH is 1. The second-order valence-corrected chi connectivity index (χ2v) is 3.50. The normalized spacial score (nSPS) is 10.6. The molecular weight excluding hydrogens is 190 g/mol. The Kier molecular flexibility index (Phi) is 4.06. The fourth-order valence-electron chi connectivity index (χ4n) is 1.14. The molecule has 0 aliphatic rings. The lowest BCUT2D eigenvalue weighted by atomic mass is 10.1. The second-order valence-electron chi connectivity index (χ2n) is 3.50. The highest BCUT2D eigenvalue weighted by molar-refractivity contribution is 6.04. The van der Waals surface area contributed by atoms with Crippen molar-refractivity contribution in [2.75, 3.05) is 14.1 Å². The summed E-state index contributed by atoms with van der Waals surface area (Å²) >= 11 is 0. The number of carbonyl (C=O) groups is 1. The van der Waals surface area contributed by atoms with Crippen LogP contribution in [0.4, 0.5) is 0 Å². The van der Waals surface area contributed by atoms with Gasteiger partial charge in [0.05, 0.1) is 6.61 Å². The van der Waals surface area contributed by atoms with Crippen molar-refractivity contribution in [3.05, 3.63) is 47.7 Å². The zero-order valence-corrected chi connectivity index (χ0v) is 8.97. The van der Waals surface area contributed by atoms with Crippen LogP contribution in [-0.4, -0.2) is 29.9 Å². The van der Waals surface area contributed by atoms with Gasteiger partial charge >= 0.3 is 0 Å². The van der Waals surface area contributed by atoms with Crippen molar-refractivity contribution < 1.29 is 9.90 Å². The quantitative estimate of drug-likeness (QED) is 0.597. The van der Waals surface area contributed by atoms with Crippen LogP contribution in [0, 0.1) is 0 Å². The SMILES string of the molecule is CN(C)/C=C/C(=O)c1cccc(CO)c1. The number of ketones is 1. The van der Waals surface area contributed by atoms with E-state index < -0.39 is 0 Å². The van der Waals surface area contributed by atoms with Gasteiger partial charge in [-0.15, -0.1) is 0 Å². The maximum absolute atomic E-state index is 11.6. The Balaban J connectivity index is 2.82. The summed E-state index contributed by atoms with van der Waals surface area (Å²) in [5.41, 5.74) is 1.35. The van der Waals surface area contributed by atoms with Crippen molar-refractivity contribution in [3.63, 3.8) is 0 Å². The summed E-state index contributed by atoms with van der Waals surface area (Å²) < 4.78 is 0. The van der Waals surface area contributed by atoms with Gasteiger partial charge < -0.3 is 10.0 Å². The van der Waals surface area contributed by atoms with Crippen LogP contribution in [-0.2, 0) is 6.61 Å². The van der Waals surface area contributed by atoms with E-state index in [1.165, 1.54) is 6.08 Å². The van der Waals surface area contributed by atoms with Gasteiger partial charge in [-0.05, 0) is 11.6 Å².